The molecule has 2 aromatic rings. The lowest BCUT2D eigenvalue weighted by Gasteiger charge is -2.36. The second-order valence-corrected chi connectivity index (χ2v) is 7.60. The van der Waals surface area contributed by atoms with E-state index in [1.807, 2.05) is 12.1 Å². The number of nitrogens with zero attached hydrogens (tertiary/aromatic N) is 3. The number of methoxy groups -OCH3 is 1. The maximum Gasteiger partial charge on any atom is 0.337 e. The zero-order chi connectivity index (χ0) is 21.7. The van der Waals surface area contributed by atoms with Gasteiger partial charge in [0.1, 0.15) is 5.75 Å². The molecule has 8 heteroatoms. The average Bonchev–Trinajstić information content (AvgIpc) is 3.01. The Hall–Kier alpha value is -3.00. The predicted molar refractivity (Wildman–Crippen MR) is 115 cm³/mol. The molecule has 30 heavy (non-hydrogen) atoms. The van der Waals surface area contributed by atoms with Crippen LogP contribution in [0.3, 0.4) is 0 Å². The molecule has 0 atom stereocenters. The van der Waals surface area contributed by atoms with Crippen LogP contribution in [0.15, 0.2) is 30.5 Å². The van der Waals surface area contributed by atoms with Crippen molar-refractivity contribution in [2.45, 2.75) is 13.3 Å². The maximum absolute atomic E-state index is 12.3. The number of carboxylic acids is 1. The van der Waals surface area contributed by atoms with Crippen LogP contribution in [-0.4, -0.2) is 72.8 Å². The van der Waals surface area contributed by atoms with Gasteiger partial charge in [0.05, 0.1) is 19.1 Å². The van der Waals surface area contributed by atoms with Crippen molar-refractivity contribution in [1.82, 2.24) is 14.8 Å². The Morgan fingerprint density at radius 1 is 1.13 bits per heavy atom. The molecular formula is C22H30N4O4. The normalized spacial score (nSPS) is 14.6. The number of aryl methyl sites for hydroxylation is 2. The fourth-order valence-electron chi connectivity index (χ4n) is 3.93. The zero-order valence-corrected chi connectivity index (χ0v) is 17.9. The van der Waals surface area contributed by atoms with E-state index in [4.69, 9.17) is 4.74 Å². The summed E-state index contributed by atoms with van der Waals surface area (Å²) in [4.78, 5) is 28.5. The summed E-state index contributed by atoms with van der Waals surface area (Å²) in [6, 6.07) is 8.10. The number of piperazine rings is 1. The van der Waals surface area contributed by atoms with Gasteiger partial charge in [0, 0.05) is 63.9 Å². The molecule has 1 saturated heterocycles. The number of carbonyl (C=O) groups excluding carboxylic acids is 1. The highest BCUT2D eigenvalue weighted by Crippen LogP contribution is 2.20. The summed E-state index contributed by atoms with van der Waals surface area (Å²) in [5, 5.41) is 12.3. The van der Waals surface area contributed by atoms with Crippen molar-refractivity contribution >= 4 is 17.6 Å². The van der Waals surface area contributed by atoms with Gasteiger partial charge in [0.25, 0.3) is 0 Å². The second kappa shape index (κ2) is 9.67. The Labute approximate surface area is 177 Å². The molecule has 1 aliphatic rings. The van der Waals surface area contributed by atoms with Crippen LogP contribution in [0.5, 0.6) is 5.75 Å². The molecule has 2 heterocycles. The fraction of sp³-hybridized carbons (Fsp3) is 0.455. The first kappa shape index (κ1) is 21.7. The standard InChI is InChI=1S/C22H30N4O4/c1-16-15-24(2)19(21(16)22(28)29)14-20(27)23-8-9-25-10-12-26(13-11-25)17-4-6-18(30-3)7-5-17/h4-7,15H,8-14H2,1-3H3,(H,23,27)(H,28,29). The van der Waals surface area contributed by atoms with E-state index in [0.29, 0.717) is 17.8 Å². The molecule has 1 fully saturated rings. The molecule has 2 N–H and O–H groups in total. The van der Waals surface area contributed by atoms with Crippen LogP contribution in [0.2, 0.25) is 0 Å². The number of carbonyl (C=O) groups is 2. The minimum Gasteiger partial charge on any atom is -0.497 e. The third-order valence-electron chi connectivity index (χ3n) is 5.60. The molecule has 3 rings (SSSR count). The highest BCUT2D eigenvalue weighted by molar-refractivity contribution is 5.93. The molecule has 0 radical (unpaired) electrons. The summed E-state index contributed by atoms with van der Waals surface area (Å²) in [6.07, 6.45) is 1.81. The van der Waals surface area contributed by atoms with Crippen molar-refractivity contribution in [3.63, 3.8) is 0 Å². The van der Waals surface area contributed by atoms with Crippen molar-refractivity contribution in [2.24, 2.45) is 7.05 Å². The monoisotopic (exact) mass is 414 g/mol. The topological polar surface area (TPSA) is 87.0 Å². The lowest BCUT2D eigenvalue weighted by molar-refractivity contribution is -0.120. The van der Waals surface area contributed by atoms with Crippen molar-refractivity contribution in [1.29, 1.82) is 0 Å². The van der Waals surface area contributed by atoms with E-state index in [9.17, 15) is 14.7 Å². The van der Waals surface area contributed by atoms with E-state index in [1.54, 1.807) is 31.8 Å². The van der Waals surface area contributed by atoms with Crippen molar-refractivity contribution in [3.05, 3.63) is 47.3 Å². The van der Waals surface area contributed by atoms with Gasteiger partial charge in [-0.15, -0.1) is 0 Å². The van der Waals surface area contributed by atoms with Gasteiger partial charge in [-0.2, -0.15) is 0 Å². The Kier molecular flexibility index (Phi) is 6.99. The molecule has 0 unspecified atom stereocenters. The van der Waals surface area contributed by atoms with Gasteiger partial charge >= 0.3 is 5.97 Å². The van der Waals surface area contributed by atoms with Gasteiger partial charge in [-0.3, -0.25) is 9.69 Å². The minimum absolute atomic E-state index is 0.0667. The van der Waals surface area contributed by atoms with Crippen LogP contribution in [-0.2, 0) is 18.3 Å². The van der Waals surface area contributed by atoms with Gasteiger partial charge in [0.15, 0.2) is 0 Å². The highest BCUT2D eigenvalue weighted by Gasteiger charge is 2.20. The minimum atomic E-state index is -0.995. The van der Waals surface area contributed by atoms with E-state index < -0.39 is 5.97 Å². The molecular weight excluding hydrogens is 384 g/mol. The number of ether oxygens (including phenoxy) is 1. The van der Waals surface area contributed by atoms with Gasteiger partial charge in [-0.1, -0.05) is 0 Å². The third kappa shape index (κ3) is 5.13. The molecule has 1 amide bonds. The Morgan fingerprint density at radius 3 is 2.40 bits per heavy atom. The Balaban J connectivity index is 1.42. The van der Waals surface area contributed by atoms with Crippen molar-refractivity contribution in [3.8, 4) is 5.75 Å². The first-order chi connectivity index (χ1) is 14.4. The summed E-state index contributed by atoms with van der Waals surface area (Å²) in [6.45, 7) is 6.81. The van der Waals surface area contributed by atoms with E-state index in [0.717, 1.165) is 38.5 Å². The lowest BCUT2D eigenvalue weighted by atomic mass is 10.1. The summed E-state index contributed by atoms with van der Waals surface area (Å²) in [7, 11) is 3.43. The van der Waals surface area contributed by atoms with Gasteiger partial charge < -0.3 is 24.6 Å². The Bertz CT molecular complexity index is 883. The van der Waals surface area contributed by atoms with Gasteiger partial charge in [-0.05, 0) is 36.8 Å². The lowest BCUT2D eigenvalue weighted by Crippen LogP contribution is -2.48. The number of carboxylic acid groups (broad SMARTS) is 1. The van der Waals surface area contributed by atoms with E-state index >= 15 is 0 Å². The smallest absolute Gasteiger partial charge is 0.337 e. The molecule has 1 aromatic heterocycles. The van der Waals surface area contributed by atoms with Crippen LogP contribution < -0.4 is 15.0 Å². The molecule has 0 bridgehead atoms. The number of rotatable bonds is 8. The summed E-state index contributed by atoms with van der Waals surface area (Å²) in [5.41, 5.74) is 2.62. The summed E-state index contributed by atoms with van der Waals surface area (Å²) < 4.78 is 6.93. The van der Waals surface area contributed by atoms with Crippen LogP contribution >= 0.6 is 0 Å². The van der Waals surface area contributed by atoms with Crippen LogP contribution in [0.25, 0.3) is 0 Å². The van der Waals surface area contributed by atoms with Crippen LogP contribution in [0.1, 0.15) is 21.6 Å². The molecule has 0 saturated carbocycles. The van der Waals surface area contributed by atoms with Gasteiger partial charge in [-0.25, -0.2) is 4.79 Å². The molecule has 0 aliphatic carbocycles. The van der Waals surface area contributed by atoms with E-state index in [1.165, 1.54) is 5.69 Å². The van der Waals surface area contributed by atoms with Crippen LogP contribution in [0.4, 0.5) is 5.69 Å². The number of aromatic nitrogens is 1. The van der Waals surface area contributed by atoms with Gasteiger partial charge in [0.2, 0.25) is 5.91 Å². The number of amides is 1. The maximum atomic E-state index is 12.3. The number of aromatic carboxylic acids is 1. The average molecular weight is 415 g/mol. The zero-order valence-electron chi connectivity index (χ0n) is 17.9. The third-order valence-corrected chi connectivity index (χ3v) is 5.60. The first-order valence-corrected chi connectivity index (χ1v) is 10.1. The molecule has 0 spiro atoms. The molecule has 8 nitrogen and oxygen atoms in total. The number of hydrogen-bond acceptors (Lipinski definition) is 5. The summed E-state index contributed by atoms with van der Waals surface area (Å²) >= 11 is 0. The van der Waals surface area contributed by atoms with Crippen molar-refractivity contribution in [2.75, 3.05) is 51.3 Å². The number of benzene rings is 1. The second-order valence-electron chi connectivity index (χ2n) is 7.60. The van der Waals surface area contributed by atoms with E-state index in [2.05, 4.69) is 27.2 Å². The number of hydrogen-bond donors (Lipinski definition) is 2. The molecule has 162 valence electrons. The number of anilines is 1. The van der Waals surface area contributed by atoms with Crippen molar-refractivity contribution < 1.29 is 19.4 Å². The van der Waals surface area contributed by atoms with E-state index in [-0.39, 0.29) is 17.9 Å². The largest absolute Gasteiger partial charge is 0.497 e. The highest BCUT2D eigenvalue weighted by atomic mass is 16.5. The Morgan fingerprint density at radius 2 is 1.80 bits per heavy atom. The fourth-order valence-corrected chi connectivity index (χ4v) is 3.93. The molecule has 1 aliphatic heterocycles. The quantitative estimate of drug-likeness (QED) is 0.681. The first-order valence-electron chi connectivity index (χ1n) is 10.1. The molecule has 1 aromatic carbocycles. The number of nitrogens with one attached hydrogen (secondary N) is 1. The SMILES string of the molecule is COc1ccc(N2CCN(CCNC(=O)Cc3c(C(=O)O)c(C)cn3C)CC2)cc1. The van der Waals surface area contributed by atoms with Crippen LogP contribution in [0, 0.1) is 6.92 Å². The summed E-state index contributed by atoms with van der Waals surface area (Å²) in [5.74, 6) is -0.296. The predicted octanol–water partition coefficient (Wildman–Crippen LogP) is 1.52.